The van der Waals surface area contributed by atoms with Gasteiger partial charge >= 0.3 is 12.0 Å². The first kappa shape index (κ1) is 15.5. The van der Waals surface area contributed by atoms with Crippen LogP contribution in [0.3, 0.4) is 0 Å². The first-order chi connectivity index (χ1) is 9.76. The summed E-state index contributed by atoms with van der Waals surface area (Å²) >= 11 is 3.34. The molecule has 0 unspecified atom stereocenters. The van der Waals surface area contributed by atoms with Crippen LogP contribution >= 0.6 is 15.9 Å². The maximum absolute atomic E-state index is 12.1. The van der Waals surface area contributed by atoms with Crippen molar-refractivity contribution in [2.45, 2.75) is 25.9 Å². The molecule has 0 radical (unpaired) electrons. The Bertz CT molecular complexity index is 627. The fraction of sp³-hybridized carbons (Fsp3) is 0.357. The van der Waals surface area contributed by atoms with Gasteiger partial charge in [0.05, 0.1) is 19.2 Å². The van der Waals surface area contributed by atoms with Crippen molar-refractivity contribution in [3.05, 3.63) is 33.8 Å². The number of hydrogen-bond acceptors (Lipinski definition) is 4. The molecule has 1 heterocycles. The predicted molar refractivity (Wildman–Crippen MR) is 78.6 cm³/mol. The normalized spacial score (nSPS) is 16.9. The number of esters is 1. The minimum Gasteiger partial charge on any atom is -0.465 e. The summed E-state index contributed by atoms with van der Waals surface area (Å²) in [7, 11) is 1.31. The van der Waals surface area contributed by atoms with E-state index in [2.05, 4.69) is 26.0 Å². The van der Waals surface area contributed by atoms with E-state index >= 15 is 0 Å². The quantitative estimate of drug-likeness (QED) is 0.665. The first-order valence-electron chi connectivity index (χ1n) is 6.27. The topological polar surface area (TPSA) is 75.7 Å². The van der Waals surface area contributed by atoms with Gasteiger partial charge in [0, 0.05) is 4.47 Å². The highest BCUT2D eigenvalue weighted by Gasteiger charge is 2.44. The lowest BCUT2D eigenvalue weighted by Crippen LogP contribution is -2.40. The second-order valence-corrected chi connectivity index (χ2v) is 6.10. The third kappa shape index (κ3) is 2.92. The molecule has 0 aromatic heterocycles. The van der Waals surface area contributed by atoms with Gasteiger partial charge in [-0.2, -0.15) is 0 Å². The fourth-order valence-electron chi connectivity index (χ4n) is 2.05. The number of methoxy groups -OCH3 is 1. The molecule has 0 atom stereocenters. The smallest absolute Gasteiger partial charge is 0.337 e. The van der Waals surface area contributed by atoms with E-state index in [-0.39, 0.29) is 12.5 Å². The maximum Gasteiger partial charge on any atom is 0.337 e. The van der Waals surface area contributed by atoms with Crippen molar-refractivity contribution >= 4 is 33.8 Å². The minimum absolute atomic E-state index is 0.135. The van der Waals surface area contributed by atoms with Crippen molar-refractivity contribution in [3.8, 4) is 0 Å². The van der Waals surface area contributed by atoms with E-state index in [0.717, 1.165) is 10.5 Å². The van der Waals surface area contributed by atoms with Crippen LogP contribution in [0.4, 0.5) is 4.79 Å². The molecule has 1 aliphatic rings. The van der Waals surface area contributed by atoms with Crippen LogP contribution in [-0.4, -0.2) is 35.5 Å². The van der Waals surface area contributed by atoms with Crippen molar-refractivity contribution in [2.75, 3.05) is 7.11 Å². The molecule has 1 aliphatic heterocycles. The van der Waals surface area contributed by atoms with Crippen molar-refractivity contribution in [2.24, 2.45) is 0 Å². The Morgan fingerprint density at radius 1 is 1.38 bits per heavy atom. The predicted octanol–water partition coefficient (Wildman–Crippen LogP) is 2.07. The van der Waals surface area contributed by atoms with Crippen molar-refractivity contribution in [1.82, 2.24) is 10.2 Å². The molecule has 7 heteroatoms. The zero-order chi connectivity index (χ0) is 15.8. The first-order valence-corrected chi connectivity index (χ1v) is 7.06. The van der Waals surface area contributed by atoms with Crippen molar-refractivity contribution in [1.29, 1.82) is 0 Å². The monoisotopic (exact) mass is 354 g/mol. The van der Waals surface area contributed by atoms with Crippen LogP contribution in [0.25, 0.3) is 0 Å². The number of hydrogen-bond donors (Lipinski definition) is 1. The Morgan fingerprint density at radius 2 is 2.05 bits per heavy atom. The minimum atomic E-state index is -0.893. The molecule has 2 rings (SSSR count). The second kappa shape index (κ2) is 5.48. The highest BCUT2D eigenvalue weighted by atomic mass is 79.9. The number of ether oxygens (including phenoxy) is 1. The van der Waals surface area contributed by atoms with Gasteiger partial charge in [-0.25, -0.2) is 9.59 Å². The zero-order valence-corrected chi connectivity index (χ0v) is 13.5. The molecule has 1 N–H and O–H groups in total. The van der Waals surface area contributed by atoms with Gasteiger partial charge in [0.15, 0.2) is 0 Å². The van der Waals surface area contributed by atoms with Gasteiger partial charge in [-0.15, -0.1) is 0 Å². The number of halogens is 1. The molecule has 1 aromatic rings. The van der Waals surface area contributed by atoms with Crippen molar-refractivity contribution < 1.29 is 19.1 Å². The number of imide groups is 1. The fourth-order valence-corrected chi connectivity index (χ4v) is 2.56. The third-order valence-corrected chi connectivity index (χ3v) is 3.99. The molecule has 112 valence electrons. The number of carbonyl (C=O) groups is 3. The van der Waals surface area contributed by atoms with E-state index in [4.69, 9.17) is 0 Å². The van der Waals surface area contributed by atoms with Gasteiger partial charge < -0.3 is 10.1 Å². The number of nitrogens with zero attached hydrogens (tertiary/aromatic N) is 1. The molecule has 1 fully saturated rings. The average Bonchev–Trinajstić information content (AvgIpc) is 2.61. The Labute approximate surface area is 130 Å². The van der Waals surface area contributed by atoms with Crippen LogP contribution in [0.2, 0.25) is 0 Å². The van der Waals surface area contributed by atoms with Gasteiger partial charge in [0.1, 0.15) is 5.54 Å². The SMILES string of the molecule is COC(=O)c1ccc(CN2C(=O)NC(C)(C)C2=O)c(Br)c1. The molecule has 1 saturated heterocycles. The molecule has 0 bridgehead atoms. The number of rotatable bonds is 3. The van der Waals surface area contributed by atoms with Gasteiger partial charge in [-0.1, -0.05) is 22.0 Å². The molecule has 0 saturated carbocycles. The van der Waals surface area contributed by atoms with Crippen LogP contribution in [0.5, 0.6) is 0 Å². The summed E-state index contributed by atoms with van der Waals surface area (Å²) in [6.45, 7) is 3.45. The van der Waals surface area contributed by atoms with Crippen LogP contribution in [0.1, 0.15) is 29.8 Å². The maximum atomic E-state index is 12.1. The summed E-state index contributed by atoms with van der Waals surface area (Å²) in [5.41, 5.74) is 0.227. The Hall–Kier alpha value is -1.89. The molecule has 0 spiro atoms. The van der Waals surface area contributed by atoms with E-state index in [0.29, 0.717) is 10.0 Å². The zero-order valence-electron chi connectivity index (χ0n) is 11.9. The molecule has 3 amide bonds. The number of amides is 3. The molecule has 1 aromatic carbocycles. The van der Waals surface area contributed by atoms with E-state index < -0.39 is 17.5 Å². The largest absolute Gasteiger partial charge is 0.465 e. The molecule has 21 heavy (non-hydrogen) atoms. The van der Waals surface area contributed by atoms with Crippen LogP contribution in [-0.2, 0) is 16.1 Å². The number of benzene rings is 1. The van der Waals surface area contributed by atoms with Crippen LogP contribution in [0.15, 0.2) is 22.7 Å². The highest BCUT2D eigenvalue weighted by molar-refractivity contribution is 9.10. The Balaban J connectivity index is 2.23. The summed E-state index contributed by atoms with van der Waals surface area (Å²) in [5.74, 6) is -0.727. The summed E-state index contributed by atoms with van der Waals surface area (Å²) < 4.78 is 5.27. The van der Waals surface area contributed by atoms with Gasteiger partial charge in [-0.05, 0) is 31.5 Å². The summed E-state index contributed by atoms with van der Waals surface area (Å²) in [6.07, 6.45) is 0. The Morgan fingerprint density at radius 3 is 2.52 bits per heavy atom. The number of carbonyl (C=O) groups excluding carboxylic acids is 3. The molecule has 0 aliphatic carbocycles. The lowest BCUT2D eigenvalue weighted by molar-refractivity contribution is -0.130. The highest BCUT2D eigenvalue weighted by Crippen LogP contribution is 2.24. The summed E-state index contributed by atoms with van der Waals surface area (Å²) in [6, 6.07) is 4.46. The van der Waals surface area contributed by atoms with Gasteiger partial charge in [0.25, 0.3) is 5.91 Å². The Kier molecular flexibility index (Phi) is 4.04. The van der Waals surface area contributed by atoms with Gasteiger partial charge in [0.2, 0.25) is 0 Å². The van der Waals surface area contributed by atoms with Crippen LogP contribution in [0, 0.1) is 0 Å². The van der Waals surface area contributed by atoms with Crippen LogP contribution < -0.4 is 5.32 Å². The molecular weight excluding hydrogens is 340 g/mol. The van der Waals surface area contributed by atoms with E-state index in [1.54, 1.807) is 32.0 Å². The average molecular weight is 355 g/mol. The van der Waals surface area contributed by atoms with E-state index in [9.17, 15) is 14.4 Å². The number of nitrogens with one attached hydrogen (secondary N) is 1. The second-order valence-electron chi connectivity index (χ2n) is 5.24. The molecule has 6 nitrogen and oxygen atoms in total. The standard InChI is InChI=1S/C14H15BrN2O4/c1-14(2)12(19)17(13(20)16-14)7-9-5-4-8(6-10(9)15)11(18)21-3/h4-6H,7H2,1-3H3,(H,16,20). The third-order valence-electron chi connectivity index (χ3n) is 3.25. The lowest BCUT2D eigenvalue weighted by atomic mass is 10.1. The lowest BCUT2D eigenvalue weighted by Gasteiger charge is -2.17. The molecular formula is C14H15BrN2O4. The van der Waals surface area contributed by atoms with Crippen molar-refractivity contribution in [3.63, 3.8) is 0 Å². The van der Waals surface area contributed by atoms with E-state index in [1.165, 1.54) is 7.11 Å². The van der Waals surface area contributed by atoms with E-state index in [1.807, 2.05) is 0 Å². The summed E-state index contributed by atoms with van der Waals surface area (Å²) in [4.78, 5) is 36.6. The number of urea groups is 1. The summed E-state index contributed by atoms with van der Waals surface area (Å²) in [5, 5.41) is 2.62. The van der Waals surface area contributed by atoms with Gasteiger partial charge in [-0.3, -0.25) is 9.69 Å².